The molecule has 0 atom stereocenters. The average Bonchev–Trinajstić information content (AvgIpc) is 2.58. The van der Waals surface area contributed by atoms with Gasteiger partial charge in [-0.25, -0.2) is 0 Å². The van der Waals surface area contributed by atoms with Gasteiger partial charge in [-0.1, -0.05) is 0 Å². The third-order valence-corrected chi connectivity index (χ3v) is 4.18. The number of nitrogens with two attached hydrogens (primary N) is 1. The molecule has 1 aliphatic rings. The topological polar surface area (TPSA) is 75.4 Å². The van der Waals surface area contributed by atoms with E-state index in [0.29, 0.717) is 25.6 Å². The summed E-state index contributed by atoms with van der Waals surface area (Å²) in [6.45, 7) is 1.65. The Morgan fingerprint density at radius 3 is 2.25 bits per heavy atom. The molecule has 1 fully saturated rings. The SMILES string of the molecule is NCC1CCN(C(=O)CNC(=O)c2ccc(C(F)(F)F)cc2)CC1. The fourth-order valence-electron chi connectivity index (χ4n) is 2.60. The summed E-state index contributed by atoms with van der Waals surface area (Å²) < 4.78 is 37.4. The summed E-state index contributed by atoms with van der Waals surface area (Å²) in [5.74, 6) is -0.351. The second-order valence-corrected chi connectivity index (χ2v) is 5.82. The molecule has 8 heteroatoms. The molecule has 1 saturated heterocycles. The van der Waals surface area contributed by atoms with Gasteiger partial charge in [0.1, 0.15) is 0 Å². The van der Waals surface area contributed by atoms with E-state index in [9.17, 15) is 22.8 Å². The van der Waals surface area contributed by atoms with Crippen LogP contribution in [0.4, 0.5) is 13.2 Å². The molecule has 0 aromatic heterocycles. The highest BCUT2D eigenvalue weighted by molar-refractivity contribution is 5.96. The highest BCUT2D eigenvalue weighted by Gasteiger charge is 2.30. The lowest BCUT2D eigenvalue weighted by molar-refractivity contribution is -0.137. The third kappa shape index (κ3) is 4.70. The van der Waals surface area contributed by atoms with Crippen LogP contribution in [0.1, 0.15) is 28.8 Å². The van der Waals surface area contributed by atoms with Crippen molar-refractivity contribution in [3.8, 4) is 0 Å². The lowest BCUT2D eigenvalue weighted by Crippen LogP contribution is -2.44. The summed E-state index contributed by atoms with van der Waals surface area (Å²) >= 11 is 0. The number of alkyl halides is 3. The van der Waals surface area contributed by atoms with Gasteiger partial charge in [0, 0.05) is 18.7 Å². The molecular weight excluding hydrogens is 323 g/mol. The zero-order valence-electron chi connectivity index (χ0n) is 13.1. The summed E-state index contributed by atoms with van der Waals surface area (Å²) in [5, 5.41) is 2.44. The summed E-state index contributed by atoms with van der Waals surface area (Å²) in [5.41, 5.74) is 4.85. The van der Waals surface area contributed by atoms with Gasteiger partial charge in [0.25, 0.3) is 5.91 Å². The number of benzene rings is 1. The minimum Gasteiger partial charge on any atom is -0.343 e. The van der Waals surface area contributed by atoms with E-state index < -0.39 is 17.6 Å². The van der Waals surface area contributed by atoms with Crippen LogP contribution < -0.4 is 11.1 Å². The highest BCUT2D eigenvalue weighted by atomic mass is 19.4. The zero-order chi connectivity index (χ0) is 17.7. The van der Waals surface area contributed by atoms with Gasteiger partial charge in [-0.15, -0.1) is 0 Å². The molecular formula is C16H20F3N3O2. The van der Waals surface area contributed by atoms with Crippen molar-refractivity contribution in [1.82, 2.24) is 10.2 Å². The van der Waals surface area contributed by atoms with Crippen molar-refractivity contribution in [2.24, 2.45) is 11.7 Å². The van der Waals surface area contributed by atoms with Crippen molar-refractivity contribution >= 4 is 11.8 Å². The van der Waals surface area contributed by atoms with Gasteiger partial charge < -0.3 is 16.0 Å². The number of likely N-dealkylation sites (tertiary alicyclic amines) is 1. The van der Waals surface area contributed by atoms with E-state index in [4.69, 9.17) is 5.73 Å². The molecule has 1 aliphatic heterocycles. The van der Waals surface area contributed by atoms with Crippen molar-refractivity contribution in [1.29, 1.82) is 0 Å². The van der Waals surface area contributed by atoms with Crippen molar-refractivity contribution in [2.45, 2.75) is 19.0 Å². The summed E-state index contributed by atoms with van der Waals surface area (Å²) in [6, 6.07) is 3.87. The van der Waals surface area contributed by atoms with Gasteiger partial charge in [-0.3, -0.25) is 9.59 Å². The quantitative estimate of drug-likeness (QED) is 0.873. The van der Waals surface area contributed by atoms with Gasteiger partial charge in [0.15, 0.2) is 0 Å². The van der Waals surface area contributed by atoms with E-state index in [-0.39, 0.29) is 18.0 Å². The normalized spacial score (nSPS) is 16.1. The molecule has 1 aromatic carbocycles. The Hall–Kier alpha value is -2.09. The van der Waals surface area contributed by atoms with E-state index in [1.165, 1.54) is 0 Å². The molecule has 2 rings (SSSR count). The molecule has 1 heterocycles. The predicted molar refractivity (Wildman–Crippen MR) is 82.1 cm³/mol. The molecule has 1 aromatic rings. The summed E-state index contributed by atoms with van der Waals surface area (Å²) in [7, 11) is 0. The molecule has 24 heavy (non-hydrogen) atoms. The number of halogens is 3. The molecule has 2 amide bonds. The van der Waals surface area contributed by atoms with Crippen LogP contribution in [-0.4, -0.2) is 42.9 Å². The molecule has 3 N–H and O–H groups in total. The minimum absolute atomic E-state index is 0.0811. The number of carbonyl (C=O) groups is 2. The van der Waals surface area contributed by atoms with Crippen LogP contribution in [-0.2, 0) is 11.0 Å². The molecule has 0 radical (unpaired) electrons. The molecule has 0 bridgehead atoms. The fraction of sp³-hybridized carbons (Fsp3) is 0.500. The Kier molecular flexibility index (Phi) is 5.82. The highest BCUT2D eigenvalue weighted by Crippen LogP contribution is 2.29. The third-order valence-electron chi connectivity index (χ3n) is 4.18. The number of piperidine rings is 1. The summed E-state index contributed by atoms with van der Waals surface area (Å²) in [6.07, 6.45) is -2.76. The van der Waals surface area contributed by atoms with Crippen LogP contribution in [0.2, 0.25) is 0 Å². The first-order valence-corrected chi connectivity index (χ1v) is 7.74. The van der Waals surface area contributed by atoms with Gasteiger partial charge >= 0.3 is 6.18 Å². The second-order valence-electron chi connectivity index (χ2n) is 5.82. The van der Waals surface area contributed by atoms with Crippen molar-refractivity contribution in [3.05, 3.63) is 35.4 Å². The van der Waals surface area contributed by atoms with Gasteiger partial charge in [0.2, 0.25) is 5.91 Å². The van der Waals surface area contributed by atoms with Crippen LogP contribution in [0.25, 0.3) is 0 Å². The Balaban J connectivity index is 1.83. The molecule has 0 aliphatic carbocycles. The van der Waals surface area contributed by atoms with Crippen molar-refractivity contribution < 1.29 is 22.8 Å². The Morgan fingerprint density at radius 1 is 1.17 bits per heavy atom. The molecule has 0 spiro atoms. The number of hydrogen-bond acceptors (Lipinski definition) is 3. The first-order valence-electron chi connectivity index (χ1n) is 7.74. The number of nitrogens with one attached hydrogen (secondary N) is 1. The maximum absolute atomic E-state index is 12.5. The molecule has 132 valence electrons. The smallest absolute Gasteiger partial charge is 0.343 e. The summed E-state index contributed by atoms with van der Waals surface area (Å²) in [4.78, 5) is 25.6. The standard InChI is InChI=1S/C16H20F3N3O2/c17-16(18,19)13-3-1-12(2-4-13)15(24)21-10-14(23)22-7-5-11(9-20)6-8-22/h1-4,11H,5-10,20H2,(H,21,24). The van der Waals surface area contributed by atoms with Crippen LogP contribution in [0.15, 0.2) is 24.3 Å². The van der Waals surface area contributed by atoms with Crippen LogP contribution in [0, 0.1) is 5.92 Å². The van der Waals surface area contributed by atoms with Crippen molar-refractivity contribution in [3.63, 3.8) is 0 Å². The molecule has 5 nitrogen and oxygen atoms in total. The monoisotopic (exact) mass is 343 g/mol. The number of hydrogen-bond donors (Lipinski definition) is 2. The average molecular weight is 343 g/mol. The lowest BCUT2D eigenvalue weighted by Gasteiger charge is -2.31. The first-order chi connectivity index (χ1) is 11.3. The lowest BCUT2D eigenvalue weighted by atomic mass is 9.97. The molecule has 0 unspecified atom stereocenters. The Morgan fingerprint density at radius 2 is 1.75 bits per heavy atom. The van der Waals surface area contributed by atoms with Crippen LogP contribution >= 0.6 is 0 Å². The van der Waals surface area contributed by atoms with E-state index in [1.807, 2.05) is 0 Å². The zero-order valence-corrected chi connectivity index (χ0v) is 13.1. The maximum Gasteiger partial charge on any atom is 0.416 e. The van der Waals surface area contributed by atoms with E-state index in [0.717, 1.165) is 37.1 Å². The van der Waals surface area contributed by atoms with Crippen LogP contribution in [0.5, 0.6) is 0 Å². The van der Waals surface area contributed by atoms with Gasteiger partial charge in [-0.2, -0.15) is 13.2 Å². The Bertz CT molecular complexity index is 579. The predicted octanol–water partition coefficient (Wildman–Crippen LogP) is 1.63. The second kappa shape index (κ2) is 7.65. The van der Waals surface area contributed by atoms with E-state index >= 15 is 0 Å². The van der Waals surface area contributed by atoms with Gasteiger partial charge in [0.05, 0.1) is 12.1 Å². The minimum atomic E-state index is -4.44. The number of nitrogens with zero attached hydrogens (tertiary/aromatic N) is 1. The number of carbonyl (C=O) groups excluding carboxylic acids is 2. The Labute approximate surface area is 138 Å². The maximum atomic E-state index is 12.5. The van der Waals surface area contributed by atoms with Gasteiger partial charge in [-0.05, 0) is 49.6 Å². The first kappa shape index (κ1) is 18.3. The largest absolute Gasteiger partial charge is 0.416 e. The number of rotatable bonds is 4. The molecule has 0 saturated carbocycles. The van der Waals surface area contributed by atoms with E-state index in [2.05, 4.69) is 5.32 Å². The van der Waals surface area contributed by atoms with Crippen LogP contribution in [0.3, 0.4) is 0 Å². The fourth-order valence-corrected chi connectivity index (χ4v) is 2.60. The van der Waals surface area contributed by atoms with E-state index in [1.54, 1.807) is 4.90 Å². The van der Waals surface area contributed by atoms with Crippen molar-refractivity contribution in [2.75, 3.05) is 26.2 Å². The number of amides is 2.